The molecule has 0 radical (unpaired) electrons. The summed E-state index contributed by atoms with van der Waals surface area (Å²) in [5, 5.41) is 0. The molecule has 0 aliphatic heterocycles. The van der Waals surface area contributed by atoms with E-state index in [0.29, 0.717) is 11.3 Å². The second kappa shape index (κ2) is 5.53. The second-order valence-corrected chi connectivity index (χ2v) is 7.02. The molecule has 112 valence electrons. The summed E-state index contributed by atoms with van der Waals surface area (Å²) < 4.78 is 30.4. The van der Waals surface area contributed by atoms with Crippen molar-refractivity contribution < 1.29 is 12.6 Å². The van der Waals surface area contributed by atoms with Gasteiger partial charge in [-0.3, -0.25) is 0 Å². The smallest absolute Gasteiger partial charge is 0.339 e. The molecule has 0 saturated carbocycles. The molecule has 0 fully saturated rings. The van der Waals surface area contributed by atoms with Crippen LogP contribution in [0.3, 0.4) is 0 Å². The number of hydrogen-bond acceptors (Lipinski definition) is 3. The summed E-state index contributed by atoms with van der Waals surface area (Å²) in [5.41, 5.74) is 4.46. The molecule has 0 heterocycles. The van der Waals surface area contributed by atoms with Crippen LogP contribution >= 0.6 is 0 Å². The molecule has 0 aliphatic rings. The van der Waals surface area contributed by atoms with Crippen molar-refractivity contribution in [2.24, 2.45) is 0 Å². The van der Waals surface area contributed by atoms with Crippen LogP contribution in [-0.4, -0.2) is 8.42 Å². The van der Waals surface area contributed by atoms with Gasteiger partial charge in [-0.05, 0) is 74.6 Å². The van der Waals surface area contributed by atoms with Crippen molar-refractivity contribution >= 4 is 10.1 Å². The van der Waals surface area contributed by atoms with E-state index in [1.165, 1.54) is 0 Å². The monoisotopic (exact) mass is 304 g/mol. The maximum absolute atomic E-state index is 12.5. The van der Waals surface area contributed by atoms with Crippen molar-refractivity contribution in [3.63, 3.8) is 0 Å². The van der Waals surface area contributed by atoms with Gasteiger partial charge >= 0.3 is 10.1 Å². The molecule has 0 N–H and O–H groups in total. The summed E-state index contributed by atoms with van der Waals surface area (Å²) >= 11 is 0. The first kappa shape index (κ1) is 15.6. The van der Waals surface area contributed by atoms with Crippen molar-refractivity contribution in [3.05, 3.63) is 58.1 Å². The molecule has 2 aromatic carbocycles. The lowest BCUT2D eigenvalue weighted by Gasteiger charge is -2.13. The van der Waals surface area contributed by atoms with Gasteiger partial charge < -0.3 is 4.18 Å². The summed E-state index contributed by atoms with van der Waals surface area (Å²) in [6.45, 7) is 9.37. The molecule has 0 spiro atoms. The molecule has 2 rings (SSSR count). The highest BCUT2D eigenvalue weighted by Gasteiger charge is 2.21. The van der Waals surface area contributed by atoms with Crippen LogP contribution < -0.4 is 4.18 Å². The fourth-order valence-corrected chi connectivity index (χ4v) is 3.44. The molecule has 21 heavy (non-hydrogen) atoms. The van der Waals surface area contributed by atoms with Crippen LogP contribution in [0.1, 0.15) is 27.8 Å². The molecule has 0 saturated heterocycles. The van der Waals surface area contributed by atoms with Gasteiger partial charge in [0.1, 0.15) is 10.6 Å². The minimum absolute atomic E-state index is 0.228. The highest BCUT2D eigenvalue weighted by molar-refractivity contribution is 7.87. The van der Waals surface area contributed by atoms with Crippen molar-refractivity contribution in [1.29, 1.82) is 0 Å². The Kier molecular flexibility index (Phi) is 4.10. The minimum atomic E-state index is -3.82. The lowest BCUT2D eigenvalue weighted by atomic mass is 10.1. The first-order chi connectivity index (χ1) is 9.70. The number of benzene rings is 2. The SMILES string of the molecule is Cc1ccc(C)c(OS(=O)(=O)c2cc(C)c(C)cc2C)c1. The lowest BCUT2D eigenvalue weighted by molar-refractivity contribution is 0.483. The van der Waals surface area contributed by atoms with Crippen LogP contribution in [0.25, 0.3) is 0 Å². The molecular weight excluding hydrogens is 284 g/mol. The third-order valence-corrected chi connectivity index (χ3v) is 4.98. The molecule has 0 bridgehead atoms. The van der Waals surface area contributed by atoms with Gasteiger partial charge in [0, 0.05) is 0 Å². The third kappa shape index (κ3) is 3.27. The molecule has 0 unspecified atom stereocenters. The summed E-state index contributed by atoms with van der Waals surface area (Å²) in [6.07, 6.45) is 0. The van der Waals surface area contributed by atoms with Gasteiger partial charge in [0.15, 0.2) is 0 Å². The van der Waals surface area contributed by atoms with E-state index >= 15 is 0 Å². The van der Waals surface area contributed by atoms with Gasteiger partial charge in [0.2, 0.25) is 0 Å². The Balaban J connectivity index is 2.48. The first-order valence-electron chi connectivity index (χ1n) is 6.80. The van der Waals surface area contributed by atoms with E-state index in [-0.39, 0.29) is 4.90 Å². The third-order valence-electron chi connectivity index (χ3n) is 3.60. The van der Waals surface area contributed by atoms with Gasteiger partial charge in [0.05, 0.1) is 0 Å². The lowest BCUT2D eigenvalue weighted by Crippen LogP contribution is -2.12. The quantitative estimate of drug-likeness (QED) is 0.805. The second-order valence-electron chi connectivity index (χ2n) is 5.51. The largest absolute Gasteiger partial charge is 0.379 e. The van der Waals surface area contributed by atoms with E-state index < -0.39 is 10.1 Å². The van der Waals surface area contributed by atoms with E-state index in [1.54, 1.807) is 19.1 Å². The van der Waals surface area contributed by atoms with E-state index in [1.807, 2.05) is 45.9 Å². The van der Waals surface area contributed by atoms with E-state index in [9.17, 15) is 8.42 Å². The van der Waals surface area contributed by atoms with Crippen molar-refractivity contribution in [2.75, 3.05) is 0 Å². The zero-order valence-electron chi connectivity index (χ0n) is 13.0. The summed E-state index contributed by atoms with van der Waals surface area (Å²) in [6, 6.07) is 9.06. The maximum atomic E-state index is 12.5. The van der Waals surface area contributed by atoms with Gasteiger partial charge in [-0.2, -0.15) is 8.42 Å². The molecule has 0 aliphatic carbocycles. The number of aryl methyl sites for hydroxylation is 5. The highest BCUT2D eigenvalue weighted by Crippen LogP contribution is 2.26. The predicted octanol–water partition coefficient (Wildman–Crippen LogP) is 4.00. The Morgan fingerprint density at radius 1 is 0.762 bits per heavy atom. The van der Waals surface area contributed by atoms with Crippen molar-refractivity contribution in [3.8, 4) is 5.75 Å². The molecule has 0 atom stereocenters. The average Bonchev–Trinajstić information content (AvgIpc) is 2.37. The molecule has 2 aromatic rings. The Labute approximate surface area is 126 Å². The molecule has 4 heteroatoms. The normalized spacial score (nSPS) is 11.5. The van der Waals surface area contributed by atoms with Crippen LogP contribution in [0.2, 0.25) is 0 Å². The van der Waals surface area contributed by atoms with Gasteiger partial charge in [0.25, 0.3) is 0 Å². The fraction of sp³-hybridized carbons (Fsp3) is 0.294. The van der Waals surface area contributed by atoms with E-state index in [2.05, 4.69) is 0 Å². The summed E-state index contributed by atoms with van der Waals surface area (Å²) in [7, 11) is -3.82. The fourth-order valence-electron chi connectivity index (χ4n) is 2.16. The van der Waals surface area contributed by atoms with Crippen molar-refractivity contribution in [1.82, 2.24) is 0 Å². The van der Waals surface area contributed by atoms with Crippen LogP contribution in [0.5, 0.6) is 5.75 Å². The van der Waals surface area contributed by atoms with Gasteiger partial charge in [-0.25, -0.2) is 0 Å². The Bertz CT molecular complexity index is 790. The van der Waals surface area contributed by atoms with Crippen LogP contribution in [-0.2, 0) is 10.1 Å². The van der Waals surface area contributed by atoms with E-state index in [4.69, 9.17) is 4.18 Å². The maximum Gasteiger partial charge on any atom is 0.339 e. The first-order valence-corrected chi connectivity index (χ1v) is 8.21. The summed E-state index contributed by atoms with van der Waals surface area (Å²) in [4.78, 5) is 0.228. The highest BCUT2D eigenvalue weighted by atomic mass is 32.2. The van der Waals surface area contributed by atoms with Crippen molar-refractivity contribution in [2.45, 2.75) is 39.5 Å². The van der Waals surface area contributed by atoms with Crippen LogP contribution in [0.4, 0.5) is 0 Å². The zero-order chi connectivity index (χ0) is 15.8. The molecule has 3 nitrogen and oxygen atoms in total. The number of hydrogen-bond donors (Lipinski definition) is 0. The zero-order valence-corrected chi connectivity index (χ0v) is 13.8. The molecule has 0 amide bonds. The summed E-state index contributed by atoms with van der Waals surface area (Å²) in [5.74, 6) is 0.382. The Morgan fingerprint density at radius 3 is 2.05 bits per heavy atom. The Hall–Kier alpha value is -1.81. The van der Waals surface area contributed by atoms with Crippen LogP contribution in [0.15, 0.2) is 35.2 Å². The van der Waals surface area contributed by atoms with Crippen LogP contribution in [0, 0.1) is 34.6 Å². The average molecular weight is 304 g/mol. The topological polar surface area (TPSA) is 43.4 Å². The predicted molar refractivity (Wildman–Crippen MR) is 84.4 cm³/mol. The van der Waals surface area contributed by atoms with E-state index in [0.717, 1.165) is 22.3 Å². The molecular formula is C17H20O3S. The Morgan fingerprint density at radius 2 is 1.38 bits per heavy atom. The number of rotatable bonds is 3. The van der Waals surface area contributed by atoms with Gasteiger partial charge in [-0.15, -0.1) is 0 Å². The minimum Gasteiger partial charge on any atom is -0.379 e. The molecule has 0 aromatic heterocycles. The van der Waals surface area contributed by atoms with Gasteiger partial charge in [-0.1, -0.05) is 18.2 Å². The standard InChI is InChI=1S/C17H20O3S/c1-11-6-7-12(2)16(8-11)20-21(18,19)17-10-14(4)13(3)9-15(17)5/h6-10H,1-5H3.